The largest absolute Gasteiger partial charge is 0.429 e. The van der Waals surface area contributed by atoms with Gasteiger partial charge < -0.3 is 19.6 Å². The first-order valence-corrected chi connectivity index (χ1v) is 7.56. The molecule has 0 aliphatic carbocycles. The Bertz CT molecular complexity index is 710. The van der Waals surface area contributed by atoms with Crippen LogP contribution in [0.2, 0.25) is 0 Å². The average Bonchev–Trinajstić information content (AvgIpc) is 3.05. The number of para-hydroxylation sites is 1. The molecule has 1 atom stereocenters. The van der Waals surface area contributed by atoms with Crippen molar-refractivity contribution in [3.05, 3.63) is 84.1 Å². The van der Waals surface area contributed by atoms with Crippen molar-refractivity contribution < 1.29 is 14.3 Å². The Kier molecular flexibility index (Phi) is 5.09. The SMILES string of the molecule is OCC(NCc1ccc(Oc2ccccc2)o1)c1ccccc1. The van der Waals surface area contributed by atoms with E-state index >= 15 is 0 Å². The highest BCUT2D eigenvalue weighted by atomic mass is 16.6. The third kappa shape index (κ3) is 4.22. The van der Waals surface area contributed by atoms with Crippen LogP contribution < -0.4 is 10.1 Å². The predicted octanol–water partition coefficient (Wildman–Crippen LogP) is 3.90. The monoisotopic (exact) mass is 309 g/mol. The maximum atomic E-state index is 9.54. The topological polar surface area (TPSA) is 54.6 Å². The maximum Gasteiger partial charge on any atom is 0.290 e. The van der Waals surface area contributed by atoms with Crippen LogP contribution in [0.3, 0.4) is 0 Å². The van der Waals surface area contributed by atoms with E-state index in [0.29, 0.717) is 12.5 Å². The lowest BCUT2D eigenvalue weighted by molar-refractivity contribution is 0.239. The van der Waals surface area contributed by atoms with Crippen molar-refractivity contribution in [2.45, 2.75) is 12.6 Å². The highest BCUT2D eigenvalue weighted by Crippen LogP contribution is 2.23. The van der Waals surface area contributed by atoms with Crippen LogP contribution in [-0.4, -0.2) is 11.7 Å². The Balaban J connectivity index is 1.58. The third-order valence-corrected chi connectivity index (χ3v) is 3.51. The molecule has 2 N–H and O–H groups in total. The fraction of sp³-hybridized carbons (Fsp3) is 0.158. The molecule has 0 saturated heterocycles. The minimum atomic E-state index is -0.125. The summed E-state index contributed by atoms with van der Waals surface area (Å²) in [7, 11) is 0. The summed E-state index contributed by atoms with van der Waals surface area (Å²) in [4.78, 5) is 0. The Hall–Kier alpha value is -2.56. The Labute approximate surface area is 135 Å². The van der Waals surface area contributed by atoms with Gasteiger partial charge in [0.15, 0.2) is 0 Å². The Morgan fingerprint density at radius 2 is 1.61 bits per heavy atom. The van der Waals surface area contributed by atoms with Crippen molar-refractivity contribution in [2.24, 2.45) is 0 Å². The number of ether oxygens (including phenoxy) is 1. The number of rotatable bonds is 7. The Morgan fingerprint density at radius 1 is 0.913 bits per heavy atom. The summed E-state index contributed by atoms with van der Waals surface area (Å²) < 4.78 is 11.3. The van der Waals surface area contributed by atoms with Gasteiger partial charge in [-0.15, -0.1) is 0 Å². The molecule has 3 aromatic rings. The molecule has 0 amide bonds. The van der Waals surface area contributed by atoms with E-state index in [1.165, 1.54) is 0 Å². The summed E-state index contributed by atoms with van der Waals surface area (Å²) in [6, 6.07) is 22.9. The minimum absolute atomic E-state index is 0.0259. The van der Waals surface area contributed by atoms with Crippen molar-refractivity contribution in [3.8, 4) is 11.7 Å². The van der Waals surface area contributed by atoms with Crippen molar-refractivity contribution >= 4 is 0 Å². The molecule has 23 heavy (non-hydrogen) atoms. The van der Waals surface area contributed by atoms with E-state index in [2.05, 4.69) is 5.32 Å². The predicted molar refractivity (Wildman–Crippen MR) is 88.3 cm³/mol. The molecule has 1 aromatic heterocycles. The van der Waals surface area contributed by atoms with Crippen LogP contribution in [0.5, 0.6) is 11.7 Å². The number of aliphatic hydroxyl groups excluding tert-OH is 1. The van der Waals surface area contributed by atoms with Gasteiger partial charge in [0.2, 0.25) is 0 Å². The van der Waals surface area contributed by atoms with Gasteiger partial charge in [0.05, 0.1) is 19.2 Å². The quantitative estimate of drug-likeness (QED) is 0.695. The van der Waals surface area contributed by atoms with Crippen LogP contribution in [0.1, 0.15) is 17.4 Å². The van der Waals surface area contributed by atoms with Gasteiger partial charge in [-0.1, -0.05) is 48.5 Å². The van der Waals surface area contributed by atoms with Gasteiger partial charge in [-0.05, 0) is 23.8 Å². The smallest absolute Gasteiger partial charge is 0.290 e. The lowest BCUT2D eigenvalue weighted by atomic mass is 10.1. The lowest BCUT2D eigenvalue weighted by Gasteiger charge is -2.15. The molecule has 118 valence electrons. The van der Waals surface area contributed by atoms with Gasteiger partial charge in [0, 0.05) is 6.07 Å². The van der Waals surface area contributed by atoms with Crippen LogP contribution in [0, 0.1) is 0 Å². The van der Waals surface area contributed by atoms with E-state index < -0.39 is 0 Å². The molecular weight excluding hydrogens is 290 g/mol. The fourth-order valence-corrected chi connectivity index (χ4v) is 2.31. The molecule has 3 rings (SSSR count). The summed E-state index contributed by atoms with van der Waals surface area (Å²) in [5.41, 5.74) is 1.04. The third-order valence-electron chi connectivity index (χ3n) is 3.51. The molecule has 0 spiro atoms. The van der Waals surface area contributed by atoms with E-state index in [1.807, 2.05) is 66.7 Å². The lowest BCUT2D eigenvalue weighted by Crippen LogP contribution is -2.23. The highest BCUT2D eigenvalue weighted by molar-refractivity contribution is 5.26. The van der Waals surface area contributed by atoms with Crippen LogP contribution in [0.15, 0.2) is 77.2 Å². The summed E-state index contributed by atoms with van der Waals surface area (Å²) >= 11 is 0. The zero-order valence-corrected chi connectivity index (χ0v) is 12.7. The molecule has 1 heterocycles. The highest BCUT2D eigenvalue weighted by Gasteiger charge is 2.11. The van der Waals surface area contributed by atoms with Crippen LogP contribution in [-0.2, 0) is 6.54 Å². The summed E-state index contributed by atoms with van der Waals surface area (Å²) in [5, 5.41) is 12.8. The standard InChI is InChI=1S/C19H19NO3/c21-14-18(15-7-3-1-4-8-15)20-13-17-11-12-19(23-17)22-16-9-5-2-6-10-16/h1-12,18,20-21H,13-14H2. The van der Waals surface area contributed by atoms with Crippen LogP contribution >= 0.6 is 0 Å². The van der Waals surface area contributed by atoms with E-state index in [4.69, 9.17) is 9.15 Å². The molecule has 0 fully saturated rings. The molecule has 4 heteroatoms. The second-order valence-electron chi connectivity index (χ2n) is 5.16. The zero-order valence-electron chi connectivity index (χ0n) is 12.7. The average molecular weight is 309 g/mol. The number of nitrogens with one attached hydrogen (secondary N) is 1. The second-order valence-corrected chi connectivity index (χ2v) is 5.16. The van der Waals surface area contributed by atoms with Gasteiger partial charge in [0.1, 0.15) is 11.5 Å². The second kappa shape index (κ2) is 7.63. The minimum Gasteiger partial charge on any atom is -0.429 e. The number of hydrogen-bond acceptors (Lipinski definition) is 4. The summed E-state index contributed by atoms with van der Waals surface area (Å²) in [6.45, 7) is 0.538. The first-order valence-electron chi connectivity index (χ1n) is 7.56. The number of aliphatic hydroxyl groups is 1. The van der Waals surface area contributed by atoms with Crippen LogP contribution in [0.25, 0.3) is 0 Å². The molecule has 0 radical (unpaired) electrons. The van der Waals surface area contributed by atoms with E-state index in [0.717, 1.165) is 17.1 Å². The first-order chi connectivity index (χ1) is 11.3. The number of hydrogen-bond donors (Lipinski definition) is 2. The van der Waals surface area contributed by atoms with Gasteiger partial charge in [-0.2, -0.15) is 0 Å². The van der Waals surface area contributed by atoms with Crippen LogP contribution in [0.4, 0.5) is 0 Å². The van der Waals surface area contributed by atoms with E-state index in [-0.39, 0.29) is 12.6 Å². The molecule has 1 unspecified atom stereocenters. The molecule has 0 aliphatic rings. The van der Waals surface area contributed by atoms with E-state index in [9.17, 15) is 5.11 Å². The number of furan rings is 1. The van der Waals surface area contributed by atoms with Crippen molar-refractivity contribution in [1.29, 1.82) is 0 Å². The van der Waals surface area contributed by atoms with Gasteiger partial charge >= 0.3 is 0 Å². The van der Waals surface area contributed by atoms with Gasteiger partial charge in [0.25, 0.3) is 5.95 Å². The molecule has 0 saturated carbocycles. The summed E-state index contributed by atoms with van der Waals surface area (Å²) in [5.74, 6) is 1.94. The van der Waals surface area contributed by atoms with Gasteiger partial charge in [-0.3, -0.25) is 0 Å². The number of benzene rings is 2. The van der Waals surface area contributed by atoms with Crippen molar-refractivity contribution in [1.82, 2.24) is 5.32 Å². The molecule has 0 aliphatic heterocycles. The van der Waals surface area contributed by atoms with Crippen molar-refractivity contribution in [2.75, 3.05) is 6.61 Å². The van der Waals surface area contributed by atoms with E-state index in [1.54, 1.807) is 6.07 Å². The molecular formula is C19H19NO3. The normalized spacial score (nSPS) is 12.0. The first kappa shape index (κ1) is 15.3. The fourth-order valence-electron chi connectivity index (χ4n) is 2.31. The Morgan fingerprint density at radius 3 is 2.30 bits per heavy atom. The molecule has 0 bridgehead atoms. The van der Waals surface area contributed by atoms with Gasteiger partial charge in [-0.25, -0.2) is 0 Å². The maximum absolute atomic E-state index is 9.54. The summed E-state index contributed by atoms with van der Waals surface area (Å²) in [6.07, 6.45) is 0. The van der Waals surface area contributed by atoms with Crippen molar-refractivity contribution in [3.63, 3.8) is 0 Å². The molecule has 2 aromatic carbocycles. The zero-order chi connectivity index (χ0) is 15.9. The molecule has 4 nitrogen and oxygen atoms in total.